The molecule has 0 aromatic heterocycles. The number of nitrogens with zero attached hydrogens (tertiary/aromatic N) is 1. The van der Waals surface area contributed by atoms with Crippen molar-refractivity contribution < 1.29 is 20.1 Å². The lowest BCUT2D eigenvalue weighted by molar-refractivity contribution is -1.09. The molecular weight excluding hydrogens is 206 g/mol. The number of hydroxylamine groups is 3. The minimum atomic E-state index is -0.639. The summed E-state index contributed by atoms with van der Waals surface area (Å²) in [7, 11) is 1.80. The van der Waals surface area contributed by atoms with E-state index < -0.39 is 6.10 Å². The Morgan fingerprint density at radius 1 is 1.06 bits per heavy atom. The molecule has 0 aliphatic carbocycles. The highest BCUT2D eigenvalue weighted by molar-refractivity contribution is 4.51. The SMILES string of the molecule is CCCCCC[N+](C)(O)CCCC(O)CO. The van der Waals surface area contributed by atoms with Crippen LogP contribution in [0.4, 0.5) is 0 Å². The predicted octanol–water partition coefficient (Wildman–Crippen LogP) is 1.54. The molecule has 4 nitrogen and oxygen atoms in total. The van der Waals surface area contributed by atoms with E-state index in [0.29, 0.717) is 13.0 Å². The Hall–Kier alpha value is -0.160. The van der Waals surface area contributed by atoms with Crippen molar-refractivity contribution in [1.29, 1.82) is 0 Å². The molecule has 98 valence electrons. The molecule has 16 heavy (non-hydrogen) atoms. The highest BCUT2D eigenvalue weighted by atomic mass is 16.5. The summed E-state index contributed by atoms with van der Waals surface area (Å²) in [5.41, 5.74) is 0. The zero-order valence-electron chi connectivity index (χ0n) is 10.7. The summed E-state index contributed by atoms with van der Waals surface area (Å²) in [4.78, 5) is 0. The summed E-state index contributed by atoms with van der Waals surface area (Å²) in [6.45, 7) is 3.40. The van der Waals surface area contributed by atoms with Crippen LogP contribution in [0.2, 0.25) is 0 Å². The smallest absolute Gasteiger partial charge is 0.109 e. The van der Waals surface area contributed by atoms with Crippen LogP contribution < -0.4 is 0 Å². The molecule has 2 atom stereocenters. The lowest BCUT2D eigenvalue weighted by Crippen LogP contribution is -2.42. The second kappa shape index (κ2) is 8.93. The van der Waals surface area contributed by atoms with E-state index >= 15 is 0 Å². The molecule has 4 heteroatoms. The van der Waals surface area contributed by atoms with Crippen LogP contribution in [-0.4, -0.2) is 52.9 Å². The van der Waals surface area contributed by atoms with Crippen molar-refractivity contribution in [2.24, 2.45) is 0 Å². The van der Waals surface area contributed by atoms with E-state index in [0.717, 1.165) is 19.4 Å². The van der Waals surface area contributed by atoms with E-state index in [1.807, 2.05) is 0 Å². The van der Waals surface area contributed by atoms with E-state index in [-0.39, 0.29) is 11.3 Å². The van der Waals surface area contributed by atoms with Gasteiger partial charge < -0.3 is 10.2 Å². The molecule has 0 rings (SSSR count). The first-order valence-electron chi connectivity index (χ1n) is 6.38. The predicted molar refractivity (Wildman–Crippen MR) is 64.2 cm³/mol. The molecule has 0 saturated heterocycles. The van der Waals surface area contributed by atoms with Gasteiger partial charge in [0.1, 0.15) is 13.1 Å². The second-order valence-electron chi connectivity index (χ2n) is 4.83. The molecule has 0 aromatic rings. The second-order valence-corrected chi connectivity index (χ2v) is 4.83. The van der Waals surface area contributed by atoms with Crippen molar-refractivity contribution in [3.05, 3.63) is 0 Å². The van der Waals surface area contributed by atoms with Gasteiger partial charge in [0.05, 0.1) is 19.8 Å². The Bertz CT molecular complexity index is 162. The number of hydrogen-bond acceptors (Lipinski definition) is 3. The van der Waals surface area contributed by atoms with Crippen LogP contribution in [0.25, 0.3) is 0 Å². The molecule has 0 aliphatic heterocycles. The number of quaternary nitrogens is 1. The topological polar surface area (TPSA) is 60.7 Å². The van der Waals surface area contributed by atoms with Crippen LogP contribution in [0.1, 0.15) is 45.4 Å². The lowest BCUT2D eigenvalue weighted by atomic mass is 10.2. The van der Waals surface area contributed by atoms with Gasteiger partial charge in [0, 0.05) is 6.42 Å². The molecule has 3 N–H and O–H groups in total. The van der Waals surface area contributed by atoms with Gasteiger partial charge in [0.2, 0.25) is 0 Å². The first kappa shape index (κ1) is 15.8. The Labute approximate surface area is 99.1 Å². The summed E-state index contributed by atoms with van der Waals surface area (Å²) in [6.07, 6.45) is 5.30. The number of aliphatic hydroxyl groups excluding tert-OH is 2. The molecule has 0 fully saturated rings. The number of rotatable bonds is 10. The van der Waals surface area contributed by atoms with Crippen LogP contribution in [0.15, 0.2) is 0 Å². The molecule has 0 aromatic carbocycles. The summed E-state index contributed by atoms with van der Waals surface area (Å²) in [6, 6.07) is 0. The molecule has 0 aliphatic rings. The van der Waals surface area contributed by atoms with Gasteiger partial charge in [0.15, 0.2) is 0 Å². The maximum atomic E-state index is 9.99. The Morgan fingerprint density at radius 2 is 1.69 bits per heavy atom. The quantitative estimate of drug-likeness (QED) is 0.305. The van der Waals surface area contributed by atoms with Gasteiger partial charge in [-0.25, -0.2) is 5.21 Å². The average molecular weight is 234 g/mol. The summed E-state index contributed by atoms with van der Waals surface area (Å²) >= 11 is 0. The van der Waals surface area contributed by atoms with E-state index in [4.69, 9.17) is 10.2 Å². The summed E-state index contributed by atoms with van der Waals surface area (Å²) in [5, 5.41) is 27.8. The van der Waals surface area contributed by atoms with Crippen molar-refractivity contribution in [2.75, 3.05) is 26.7 Å². The average Bonchev–Trinajstić information content (AvgIpc) is 2.24. The van der Waals surface area contributed by atoms with Crippen LogP contribution >= 0.6 is 0 Å². The van der Waals surface area contributed by atoms with Crippen molar-refractivity contribution in [3.8, 4) is 0 Å². The normalized spacial score (nSPS) is 17.1. The molecule has 0 heterocycles. The molecule has 0 bridgehead atoms. The van der Waals surface area contributed by atoms with Gasteiger partial charge >= 0.3 is 0 Å². The zero-order valence-corrected chi connectivity index (χ0v) is 10.7. The third-order valence-corrected chi connectivity index (χ3v) is 2.88. The molecular formula is C12H28NO3+. The van der Waals surface area contributed by atoms with E-state index in [1.54, 1.807) is 7.05 Å². The maximum absolute atomic E-state index is 9.99. The largest absolute Gasteiger partial charge is 0.394 e. The van der Waals surface area contributed by atoms with Crippen molar-refractivity contribution >= 4 is 0 Å². The van der Waals surface area contributed by atoms with E-state index in [2.05, 4.69) is 6.92 Å². The Balaban J connectivity index is 3.53. The van der Waals surface area contributed by atoms with Crippen LogP contribution in [0, 0.1) is 0 Å². The monoisotopic (exact) mass is 234 g/mol. The fourth-order valence-electron chi connectivity index (χ4n) is 1.75. The maximum Gasteiger partial charge on any atom is 0.109 e. The van der Waals surface area contributed by atoms with Crippen LogP contribution in [0.3, 0.4) is 0 Å². The number of hydrogen-bond donors (Lipinski definition) is 3. The van der Waals surface area contributed by atoms with Gasteiger partial charge in [-0.3, -0.25) is 0 Å². The Morgan fingerprint density at radius 3 is 2.25 bits per heavy atom. The summed E-state index contributed by atoms with van der Waals surface area (Å²) in [5.74, 6) is 0. The molecule has 0 amide bonds. The number of unbranched alkanes of at least 4 members (excludes halogenated alkanes) is 3. The van der Waals surface area contributed by atoms with Gasteiger partial charge in [-0.05, 0) is 19.3 Å². The summed E-state index contributed by atoms with van der Waals surface area (Å²) < 4.78 is 0.0296. The third kappa shape index (κ3) is 9.09. The van der Waals surface area contributed by atoms with Crippen LogP contribution in [0.5, 0.6) is 0 Å². The van der Waals surface area contributed by atoms with Crippen molar-refractivity contribution in [2.45, 2.75) is 51.6 Å². The highest BCUT2D eigenvalue weighted by Gasteiger charge is 2.18. The fraction of sp³-hybridized carbons (Fsp3) is 1.00. The van der Waals surface area contributed by atoms with Crippen molar-refractivity contribution in [3.63, 3.8) is 0 Å². The van der Waals surface area contributed by atoms with Gasteiger partial charge in [0.25, 0.3) is 0 Å². The third-order valence-electron chi connectivity index (χ3n) is 2.88. The van der Waals surface area contributed by atoms with E-state index in [9.17, 15) is 5.21 Å². The van der Waals surface area contributed by atoms with Gasteiger partial charge in [-0.1, -0.05) is 19.8 Å². The van der Waals surface area contributed by atoms with Gasteiger partial charge in [-0.15, -0.1) is 0 Å². The highest BCUT2D eigenvalue weighted by Crippen LogP contribution is 2.08. The van der Waals surface area contributed by atoms with Crippen LogP contribution in [-0.2, 0) is 0 Å². The zero-order chi connectivity index (χ0) is 12.4. The van der Waals surface area contributed by atoms with Crippen molar-refractivity contribution in [1.82, 2.24) is 0 Å². The Kier molecular flexibility index (Phi) is 8.84. The minimum absolute atomic E-state index is 0.0296. The fourth-order valence-corrected chi connectivity index (χ4v) is 1.75. The molecule has 2 unspecified atom stereocenters. The first-order chi connectivity index (χ1) is 7.52. The molecule has 0 radical (unpaired) electrons. The minimum Gasteiger partial charge on any atom is -0.394 e. The van der Waals surface area contributed by atoms with Gasteiger partial charge in [-0.2, -0.15) is 4.65 Å². The number of aliphatic hydroxyl groups is 2. The lowest BCUT2D eigenvalue weighted by Gasteiger charge is -2.25. The standard InChI is InChI=1S/C12H28NO3/c1-3-4-5-6-9-13(2,16)10-7-8-12(15)11-14/h12,14-16H,3-11H2,1-2H3/q+1. The molecule has 0 spiro atoms. The molecule has 0 saturated carbocycles. The first-order valence-corrected chi connectivity index (χ1v) is 6.38. The van der Waals surface area contributed by atoms with E-state index in [1.165, 1.54) is 19.3 Å².